The first kappa shape index (κ1) is 33.3. The summed E-state index contributed by atoms with van der Waals surface area (Å²) in [4.78, 5) is 45.0. The highest BCUT2D eigenvalue weighted by atomic mass is 35.5. The van der Waals surface area contributed by atoms with Crippen LogP contribution in [0.2, 0.25) is 5.02 Å². The Bertz CT molecular complexity index is 2130. The topological polar surface area (TPSA) is 88.2 Å². The van der Waals surface area contributed by atoms with Crippen LogP contribution in [-0.2, 0) is 16.2 Å². The number of carbonyl (C=O) groups is 3. The number of hydrogen-bond acceptors (Lipinski definition) is 6. The fourth-order valence-electron chi connectivity index (χ4n) is 7.64. The minimum absolute atomic E-state index is 0.0694. The molecule has 0 aliphatic carbocycles. The maximum atomic E-state index is 14.4. The largest absolute Gasteiger partial charge is 0.497 e. The number of nitrogens with one attached hydrogen (secondary N) is 1. The van der Waals surface area contributed by atoms with Crippen LogP contribution in [0.3, 0.4) is 0 Å². The first-order valence-electron chi connectivity index (χ1n) is 17.4. The van der Waals surface area contributed by atoms with Crippen molar-refractivity contribution in [2.24, 2.45) is 0 Å². The molecule has 1 saturated heterocycles. The number of methoxy groups -OCH3 is 1. The van der Waals surface area contributed by atoms with E-state index in [0.29, 0.717) is 27.8 Å². The van der Waals surface area contributed by atoms with E-state index in [4.69, 9.17) is 21.1 Å². The molecule has 5 aromatic carbocycles. The minimum Gasteiger partial charge on any atom is -0.497 e. The van der Waals surface area contributed by atoms with Crippen molar-refractivity contribution in [1.29, 1.82) is 0 Å². The van der Waals surface area contributed by atoms with Crippen LogP contribution in [0, 0.1) is 0 Å². The number of halogens is 1. The van der Waals surface area contributed by atoms with Gasteiger partial charge in [-0.05, 0) is 83.1 Å². The van der Waals surface area contributed by atoms with Crippen LogP contribution in [0.5, 0.6) is 11.5 Å². The number of anilines is 2. The summed E-state index contributed by atoms with van der Waals surface area (Å²) in [5.41, 5.74) is 7.27. The van der Waals surface area contributed by atoms with E-state index in [9.17, 15) is 14.4 Å². The van der Waals surface area contributed by atoms with Crippen LogP contribution in [0.4, 0.5) is 16.2 Å². The smallest absolute Gasteiger partial charge is 0.335 e. The summed E-state index contributed by atoms with van der Waals surface area (Å²) < 4.78 is 11.6. The van der Waals surface area contributed by atoms with Gasteiger partial charge in [-0.2, -0.15) is 0 Å². The Morgan fingerprint density at radius 3 is 2.00 bits per heavy atom. The van der Waals surface area contributed by atoms with Gasteiger partial charge in [0.25, 0.3) is 11.8 Å². The van der Waals surface area contributed by atoms with Crippen LogP contribution in [0.25, 0.3) is 6.08 Å². The van der Waals surface area contributed by atoms with Gasteiger partial charge in [-0.3, -0.25) is 14.9 Å². The van der Waals surface area contributed by atoms with Crippen molar-refractivity contribution < 1.29 is 23.9 Å². The molecule has 2 atom stereocenters. The van der Waals surface area contributed by atoms with Crippen molar-refractivity contribution in [2.75, 3.05) is 30.0 Å². The van der Waals surface area contributed by atoms with Crippen LogP contribution in [0.1, 0.15) is 58.1 Å². The normalized spacial score (nSPS) is 19.0. The molecule has 3 aliphatic heterocycles. The van der Waals surface area contributed by atoms with E-state index in [-0.39, 0.29) is 24.0 Å². The van der Waals surface area contributed by atoms with E-state index >= 15 is 0 Å². The van der Waals surface area contributed by atoms with E-state index in [2.05, 4.69) is 34.5 Å². The lowest BCUT2D eigenvalue weighted by Gasteiger charge is -2.44. The van der Waals surface area contributed by atoms with Crippen LogP contribution in [0.15, 0.2) is 121 Å². The van der Waals surface area contributed by atoms with Crippen LogP contribution >= 0.6 is 11.6 Å². The summed E-state index contributed by atoms with van der Waals surface area (Å²) in [5, 5.41) is 3.04. The van der Waals surface area contributed by atoms with Crippen molar-refractivity contribution in [3.05, 3.63) is 159 Å². The van der Waals surface area contributed by atoms with E-state index < -0.39 is 17.8 Å². The molecule has 52 heavy (non-hydrogen) atoms. The molecule has 8 nitrogen and oxygen atoms in total. The highest BCUT2D eigenvalue weighted by Gasteiger charge is 2.40. The average molecular weight is 710 g/mol. The van der Waals surface area contributed by atoms with E-state index in [0.717, 1.165) is 47.5 Å². The highest BCUT2D eigenvalue weighted by Crippen LogP contribution is 2.50. The first-order chi connectivity index (χ1) is 25.4. The standard InChI is InChI=1S/C43H36ClN3O5/c1-51-33-17-14-30(39(25-33)52-26-27-12-15-31(44)16-13-27)22-38-41(48)45-43(50)47(42(38)49)32-23-36-34(28-8-4-2-5-9-28)18-20-46-21-19-35(37(24-32)40(36)46)29-10-6-3-7-11-29/h2-17,22-25,34-35H,18-21,26H2,1H3,(H,45,48,50)/b38-22+/t34-,35+. The van der Waals surface area contributed by atoms with Crippen LogP contribution in [-0.4, -0.2) is 38.0 Å². The molecule has 1 N–H and O–H groups in total. The monoisotopic (exact) mass is 709 g/mol. The SMILES string of the molecule is COc1ccc(/C=C2\C(=O)NC(=O)N(c3cc4c5c(c3)[C@H](c3ccccc3)CCN5CC[C@@H]4c3ccccc3)C2=O)c(OCc2ccc(Cl)cc2)c1. The lowest BCUT2D eigenvalue weighted by Crippen LogP contribution is -2.54. The highest BCUT2D eigenvalue weighted by molar-refractivity contribution is 6.39. The van der Waals surface area contributed by atoms with Gasteiger partial charge in [0.05, 0.1) is 12.8 Å². The number of rotatable bonds is 8. The zero-order valence-electron chi connectivity index (χ0n) is 28.6. The Labute approximate surface area is 307 Å². The molecule has 3 aliphatic rings. The second-order valence-corrected chi connectivity index (χ2v) is 13.7. The Hall–Kier alpha value is -5.86. The zero-order chi connectivity index (χ0) is 35.8. The van der Waals surface area contributed by atoms with Gasteiger partial charge in [0.15, 0.2) is 0 Å². The predicted molar refractivity (Wildman–Crippen MR) is 202 cm³/mol. The Kier molecular flexibility index (Phi) is 8.99. The Morgan fingerprint density at radius 2 is 1.40 bits per heavy atom. The van der Waals surface area contributed by atoms with E-state index in [1.54, 1.807) is 37.4 Å². The average Bonchev–Trinajstić information content (AvgIpc) is 3.17. The fraction of sp³-hybridized carbons (Fsp3) is 0.186. The summed E-state index contributed by atoms with van der Waals surface area (Å²) in [5.74, 6) is -0.403. The van der Waals surface area contributed by atoms with Crippen molar-refractivity contribution >= 4 is 46.9 Å². The Morgan fingerprint density at radius 1 is 0.788 bits per heavy atom. The molecule has 8 rings (SSSR count). The van der Waals surface area contributed by atoms with Gasteiger partial charge in [-0.25, -0.2) is 9.69 Å². The van der Waals surface area contributed by atoms with Crippen molar-refractivity contribution in [1.82, 2.24) is 5.32 Å². The maximum absolute atomic E-state index is 14.4. The second kappa shape index (κ2) is 14.0. The third kappa shape index (κ3) is 6.31. The van der Waals surface area contributed by atoms with Gasteiger partial charge in [0.2, 0.25) is 0 Å². The van der Waals surface area contributed by atoms with Crippen LogP contribution < -0.4 is 24.6 Å². The van der Waals surface area contributed by atoms with Gasteiger partial charge in [0, 0.05) is 47.3 Å². The fourth-order valence-corrected chi connectivity index (χ4v) is 7.77. The summed E-state index contributed by atoms with van der Waals surface area (Å²) in [6.45, 7) is 2.04. The number of carbonyl (C=O) groups excluding carboxylic acids is 3. The quantitative estimate of drug-likeness (QED) is 0.129. The molecule has 3 heterocycles. The third-order valence-corrected chi connectivity index (χ3v) is 10.4. The molecule has 4 amide bonds. The molecule has 260 valence electrons. The maximum Gasteiger partial charge on any atom is 0.335 e. The number of hydrogen-bond donors (Lipinski definition) is 1. The molecule has 0 bridgehead atoms. The van der Waals surface area contributed by atoms with Crippen molar-refractivity contribution in [3.63, 3.8) is 0 Å². The molecule has 0 saturated carbocycles. The summed E-state index contributed by atoms with van der Waals surface area (Å²) in [6.07, 6.45) is 3.27. The molecule has 0 unspecified atom stereocenters. The van der Waals surface area contributed by atoms with Gasteiger partial charge < -0.3 is 14.4 Å². The summed E-state index contributed by atoms with van der Waals surface area (Å²) in [6, 6.07) is 36.3. The van der Waals surface area contributed by atoms with E-state index in [1.165, 1.54) is 22.9 Å². The number of ether oxygens (including phenoxy) is 2. The molecule has 5 aromatic rings. The lowest BCUT2D eigenvalue weighted by molar-refractivity contribution is -0.122. The molecule has 0 aromatic heterocycles. The summed E-state index contributed by atoms with van der Waals surface area (Å²) in [7, 11) is 1.55. The number of amides is 4. The third-order valence-electron chi connectivity index (χ3n) is 10.2. The number of benzene rings is 5. The van der Waals surface area contributed by atoms with Crippen molar-refractivity contribution in [3.8, 4) is 11.5 Å². The van der Waals surface area contributed by atoms with Gasteiger partial charge in [0.1, 0.15) is 23.7 Å². The molecule has 1 fully saturated rings. The molecular weight excluding hydrogens is 674 g/mol. The molecular formula is C43H36ClN3O5. The zero-order valence-corrected chi connectivity index (χ0v) is 29.3. The number of urea groups is 1. The summed E-state index contributed by atoms with van der Waals surface area (Å²) >= 11 is 6.06. The first-order valence-corrected chi connectivity index (χ1v) is 17.7. The van der Waals surface area contributed by atoms with Crippen molar-refractivity contribution in [2.45, 2.75) is 31.3 Å². The number of nitrogens with zero attached hydrogens (tertiary/aromatic N) is 2. The second-order valence-electron chi connectivity index (χ2n) is 13.2. The lowest BCUT2D eigenvalue weighted by atomic mass is 9.76. The van der Waals surface area contributed by atoms with Gasteiger partial charge in [-0.15, -0.1) is 0 Å². The van der Waals surface area contributed by atoms with Gasteiger partial charge in [-0.1, -0.05) is 84.4 Å². The molecule has 0 spiro atoms. The minimum atomic E-state index is -0.788. The van der Waals surface area contributed by atoms with E-state index in [1.807, 2.05) is 60.7 Å². The molecule has 0 radical (unpaired) electrons. The number of barbiturate groups is 1. The molecule has 9 heteroatoms. The number of imide groups is 2. The Balaban J connectivity index is 1.21. The van der Waals surface area contributed by atoms with Gasteiger partial charge >= 0.3 is 6.03 Å². The predicted octanol–water partition coefficient (Wildman–Crippen LogP) is 8.47.